The predicted octanol–water partition coefficient (Wildman–Crippen LogP) is 1.85. The highest BCUT2D eigenvalue weighted by Crippen LogP contribution is 2.20. The molecule has 1 aromatic rings. The van der Waals surface area contributed by atoms with Crippen LogP contribution in [0.4, 0.5) is 0 Å². The Morgan fingerprint density at radius 2 is 2.44 bits per heavy atom. The number of likely N-dealkylation sites (tertiary alicyclic amines) is 1. The fourth-order valence-electron chi connectivity index (χ4n) is 2.70. The third-order valence-electron chi connectivity index (χ3n) is 3.92. The topological polar surface area (TPSA) is 41.3 Å². The van der Waals surface area contributed by atoms with Gasteiger partial charge in [-0.1, -0.05) is 6.92 Å². The maximum absolute atomic E-state index is 5.60. The molecule has 0 saturated carbocycles. The van der Waals surface area contributed by atoms with Gasteiger partial charge in [-0.3, -0.25) is 0 Å². The van der Waals surface area contributed by atoms with E-state index in [1.54, 1.807) is 0 Å². The molecule has 2 unspecified atom stereocenters. The molecule has 2 rings (SSSR count). The second-order valence-corrected chi connectivity index (χ2v) is 5.26. The number of nitrogens with one attached hydrogen (secondary N) is 1. The lowest BCUT2D eigenvalue weighted by Gasteiger charge is -2.21. The third kappa shape index (κ3) is 3.33. The summed E-state index contributed by atoms with van der Waals surface area (Å²) in [6, 6.07) is 1.07. The van der Waals surface area contributed by atoms with Crippen LogP contribution in [-0.2, 0) is 12.8 Å². The lowest BCUT2D eigenvalue weighted by atomic mass is 10.1. The Balaban J connectivity index is 1.90. The molecule has 4 heteroatoms. The molecule has 1 aliphatic heterocycles. The SMILES string of the molecule is CCN1CCCC1Cc1nc(CC(C)NC)co1. The van der Waals surface area contributed by atoms with Gasteiger partial charge in [0, 0.05) is 24.9 Å². The number of aromatic nitrogens is 1. The Labute approximate surface area is 110 Å². The number of hydrogen-bond donors (Lipinski definition) is 1. The van der Waals surface area contributed by atoms with Crippen molar-refractivity contribution in [3.05, 3.63) is 17.8 Å². The summed E-state index contributed by atoms with van der Waals surface area (Å²) >= 11 is 0. The number of hydrogen-bond acceptors (Lipinski definition) is 4. The molecule has 0 spiro atoms. The van der Waals surface area contributed by atoms with Crippen LogP contribution in [0.2, 0.25) is 0 Å². The van der Waals surface area contributed by atoms with Crippen molar-refractivity contribution in [3.63, 3.8) is 0 Å². The molecule has 18 heavy (non-hydrogen) atoms. The summed E-state index contributed by atoms with van der Waals surface area (Å²) in [7, 11) is 1.98. The lowest BCUT2D eigenvalue weighted by Crippen LogP contribution is -2.30. The first-order valence-electron chi connectivity index (χ1n) is 7.07. The Morgan fingerprint density at radius 1 is 1.61 bits per heavy atom. The van der Waals surface area contributed by atoms with E-state index in [-0.39, 0.29) is 0 Å². The van der Waals surface area contributed by atoms with Crippen molar-refractivity contribution in [2.45, 2.75) is 51.6 Å². The maximum Gasteiger partial charge on any atom is 0.195 e. The van der Waals surface area contributed by atoms with Crippen LogP contribution in [0, 0.1) is 0 Å². The first-order valence-corrected chi connectivity index (χ1v) is 7.07. The van der Waals surface area contributed by atoms with Crippen LogP contribution in [0.5, 0.6) is 0 Å². The standard InChI is InChI=1S/C14H25N3O/c1-4-17-7-5-6-13(17)9-14-16-12(10-18-14)8-11(2)15-3/h10-11,13,15H,4-9H2,1-3H3. The zero-order valence-corrected chi connectivity index (χ0v) is 11.8. The molecule has 4 nitrogen and oxygen atoms in total. The molecule has 2 atom stereocenters. The molecule has 0 amide bonds. The summed E-state index contributed by atoms with van der Waals surface area (Å²) in [6.45, 7) is 6.75. The third-order valence-corrected chi connectivity index (χ3v) is 3.92. The zero-order chi connectivity index (χ0) is 13.0. The van der Waals surface area contributed by atoms with Gasteiger partial charge in [0.25, 0.3) is 0 Å². The molecular weight excluding hydrogens is 226 g/mol. The van der Waals surface area contributed by atoms with Crippen LogP contribution in [0.3, 0.4) is 0 Å². The molecular formula is C14H25N3O. The Bertz CT molecular complexity index is 364. The summed E-state index contributed by atoms with van der Waals surface area (Å²) in [5.41, 5.74) is 1.06. The van der Waals surface area contributed by atoms with E-state index in [2.05, 4.69) is 29.0 Å². The zero-order valence-electron chi connectivity index (χ0n) is 11.8. The molecule has 1 saturated heterocycles. The van der Waals surface area contributed by atoms with Crippen molar-refractivity contribution in [3.8, 4) is 0 Å². The number of nitrogens with zero attached hydrogens (tertiary/aromatic N) is 2. The minimum absolute atomic E-state index is 0.446. The van der Waals surface area contributed by atoms with E-state index < -0.39 is 0 Å². The summed E-state index contributed by atoms with van der Waals surface area (Å²) in [5, 5.41) is 3.22. The second kappa shape index (κ2) is 6.34. The first kappa shape index (κ1) is 13.6. The van der Waals surface area contributed by atoms with Crippen molar-refractivity contribution in [1.29, 1.82) is 0 Å². The van der Waals surface area contributed by atoms with Gasteiger partial charge >= 0.3 is 0 Å². The minimum atomic E-state index is 0.446. The van der Waals surface area contributed by atoms with E-state index in [1.807, 2.05) is 13.3 Å². The van der Waals surface area contributed by atoms with Crippen LogP contribution < -0.4 is 5.32 Å². The average molecular weight is 251 g/mol. The molecule has 1 aromatic heterocycles. The van der Waals surface area contributed by atoms with Crippen LogP contribution in [0.15, 0.2) is 10.7 Å². The average Bonchev–Trinajstić information content (AvgIpc) is 2.99. The van der Waals surface area contributed by atoms with E-state index >= 15 is 0 Å². The van der Waals surface area contributed by atoms with Gasteiger partial charge in [-0.05, 0) is 39.9 Å². The van der Waals surface area contributed by atoms with E-state index in [9.17, 15) is 0 Å². The van der Waals surface area contributed by atoms with Gasteiger partial charge in [0.05, 0.1) is 5.69 Å². The van der Waals surface area contributed by atoms with E-state index in [4.69, 9.17) is 4.42 Å². The normalized spacial score (nSPS) is 22.5. The quantitative estimate of drug-likeness (QED) is 0.838. The molecule has 1 aliphatic rings. The highest BCUT2D eigenvalue weighted by atomic mass is 16.3. The summed E-state index contributed by atoms with van der Waals surface area (Å²) < 4.78 is 5.60. The predicted molar refractivity (Wildman–Crippen MR) is 72.7 cm³/mol. The second-order valence-electron chi connectivity index (χ2n) is 5.26. The van der Waals surface area contributed by atoms with Crippen molar-refractivity contribution in [1.82, 2.24) is 15.2 Å². The van der Waals surface area contributed by atoms with Crippen LogP contribution in [-0.4, -0.2) is 42.1 Å². The molecule has 0 aliphatic carbocycles. The fraction of sp³-hybridized carbons (Fsp3) is 0.786. The maximum atomic E-state index is 5.60. The van der Waals surface area contributed by atoms with Crippen molar-refractivity contribution in [2.24, 2.45) is 0 Å². The number of oxazole rings is 1. The molecule has 102 valence electrons. The highest BCUT2D eigenvalue weighted by molar-refractivity contribution is 5.00. The van der Waals surface area contributed by atoms with Gasteiger partial charge in [0.2, 0.25) is 0 Å². The highest BCUT2D eigenvalue weighted by Gasteiger charge is 2.24. The minimum Gasteiger partial charge on any atom is -0.449 e. The smallest absolute Gasteiger partial charge is 0.195 e. The molecule has 2 heterocycles. The van der Waals surface area contributed by atoms with Crippen molar-refractivity contribution >= 4 is 0 Å². The first-order chi connectivity index (χ1) is 8.72. The van der Waals surface area contributed by atoms with Crippen molar-refractivity contribution < 1.29 is 4.42 Å². The molecule has 0 aromatic carbocycles. The van der Waals surface area contributed by atoms with E-state index in [1.165, 1.54) is 19.4 Å². The van der Waals surface area contributed by atoms with Gasteiger partial charge in [0.15, 0.2) is 5.89 Å². The molecule has 1 N–H and O–H groups in total. The van der Waals surface area contributed by atoms with Crippen LogP contribution >= 0.6 is 0 Å². The largest absolute Gasteiger partial charge is 0.449 e. The Hall–Kier alpha value is -0.870. The number of rotatable bonds is 6. The number of likely N-dealkylation sites (N-methyl/N-ethyl adjacent to an activating group) is 2. The Kier molecular flexibility index (Phi) is 4.78. The summed E-state index contributed by atoms with van der Waals surface area (Å²) in [5.74, 6) is 0.902. The lowest BCUT2D eigenvalue weighted by molar-refractivity contribution is 0.254. The van der Waals surface area contributed by atoms with Crippen molar-refractivity contribution in [2.75, 3.05) is 20.1 Å². The van der Waals surface area contributed by atoms with Crippen LogP contribution in [0.1, 0.15) is 38.3 Å². The molecule has 0 radical (unpaired) electrons. The van der Waals surface area contributed by atoms with Crippen LogP contribution in [0.25, 0.3) is 0 Å². The fourth-order valence-corrected chi connectivity index (χ4v) is 2.70. The molecule has 0 bridgehead atoms. The van der Waals surface area contributed by atoms with E-state index in [0.29, 0.717) is 12.1 Å². The van der Waals surface area contributed by atoms with Gasteiger partial charge in [-0.2, -0.15) is 0 Å². The summed E-state index contributed by atoms with van der Waals surface area (Å²) in [6.07, 6.45) is 6.29. The Morgan fingerprint density at radius 3 is 3.17 bits per heavy atom. The van der Waals surface area contributed by atoms with E-state index in [0.717, 1.165) is 31.0 Å². The van der Waals surface area contributed by atoms with Gasteiger partial charge in [-0.25, -0.2) is 4.98 Å². The van der Waals surface area contributed by atoms with Gasteiger partial charge in [0.1, 0.15) is 6.26 Å². The summed E-state index contributed by atoms with van der Waals surface area (Å²) in [4.78, 5) is 7.12. The van der Waals surface area contributed by atoms with Gasteiger partial charge < -0.3 is 14.6 Å². The molecule has 1 fully saturated rings. The van der Waals surface area contributed by atoms with Gasteiger partial charge in [-0.15, -0.1) is 0 Å². The monoisotopic (exact) mass is 251 g/mol.